The Labute approximate surface area is 154 Å². The molecule has 0 aliphatic carbocycles. The Morgan fingerprint density at radius 1 is 1.48 bits per heavy atom. The summed E-state index contributed by atoms with van der Waals surface area (Å²) in [5, 5.41) is 1.99. The van der Waals surface area contributed by atoms with Crippen molar-refractivity contribution in [3.8, 4) is 0 Å². The maximum atomic E-state index is 12.5. The average Bonchev–Trinajstić information content (AvgIpc) is 3.21. The molecule has 0 aromatic carbocycles. The third-order valence-corrected chi connectivity index (χ3v) is 6.25. The van der Waals surface area contributed by atoms with Crippen LogP contribution >= 0.6 is 23.1 Å². The second-order valence-electron chi connectivity index (χ2n) is 6.10. The number of piperidine rings is 1. The number of aromatic nitrogens is 3. The zero-order valence-electron chi connectivity index (χ0n) is 14.1. The molecule has 0 saturated carbocycles. The number of hydrogen-bond donors (Lipinski definition) is 1. The van der Waals surface area contributed by atoms with Gasteiger partial charge in [0.2, 0.25) is 11.8 Å². The summed E-state index contributed by atoms with van der Waals surface area (Å²) in [6.45, 7) is 3.47. The molecule has 0 radical (unpaired) electrons. The Hall–Kier alpha value is -1.87. The van der Waals surface area contributed by atoms with Crippen molar-refractivity contribution in [3.63, 3.8) is 0 Å². The van der Waals surface area contributed by atoms with Crippen LogP contribution in [0.1, 0.15) is 30.3 Å². The molecule has 2 N–H and O–H groups in total. The third-order valence-electron chi connectivity index (χ3n) is 4.13. The molecule has 3 heterocycles. The van der Waals surface area contributed by atoms with Crippen LogP contribution in [-0.2, 0) is 16.1 Å². The van der Waals surface area contributed by atoms with Gasteiger partial charge in [-0.25, -0.2) is 9.97 Å². The van der Waals surface area contributed by atoms with E-state index < -0.39 is 5.91 Å². The number of rotatable bonds is 6. The highest BCUT2D eigenvalue weighted by Crippen LogP contribution is 2.27. The Morgan fingerprint density at radius 3 is 3.04 bits per heavy atom. The number of likely N-dealkylation sites (tertiary alicyclic amines) is 1. The largest absolute Gasteiger partial charge is 0.368 e. The summed E-state index contributed by atoms with van der Waals surface area (Å²) < 4.78 is 2.71. The van der Waals surface area contributed by atoms with E-state index in [1.165, 1.54) is 11.8 Å². The van der Waals surface area contributed by atoms with Crippen molar-refractivity contribution in [1.82, 2.24) is 19.4 Å². The van der Waals surface area contributed by atoms with Gasteiger partial charge >= 0.3 is 0 Å². The summed E-state index contributed by atoms with van der Waals surface area (Å²) in [4.78, 5) is 34.4. The molecule has 2 aromatic heterocycles. The minimum atomic E-state index is -0.391. The molecule has 1 aliphatic rings. The van der Waals surface area contributed by atoms with E-state index in [-0.39, 0.29) is 18.4 Å². The first-order valence-electron chi connectivity index (χ1n) is 8.15. The van der Waals surface area contributed by atoms with Crippen LogP contribution in [0.15, 0.2) is 22.1 Å². The summed E-state index contributed by atoms with van der Waals surface area (Å²) >= 11 is 3.06. The summed E-state index contributed by atoms with van der Waals surface area (Å²) in [6.07, 6.45) is 5.33. The van der Waals surface area contributed by atoms with Crippen molar-refractivity contribution in [2.75, 3.05) is 18.8 Å². The number of nitrogens with zero attached hydrogens (tertiary/aromatic N) is 4. The molecule has 7 nitrogen and oxygen atoms in total. The average molecular weight is 380 g/mol. The molecule has 1 unspecified atom stereocenters. The Kier molecular flexibility index (Phi) is 5.74. The number of nitrogens with two attached hydrogens (primary N) is 1. The molecule has 1 fully saturated rings. The van der Waals surface area contributed by atoms with Gasteiger partial charge in [-0.15, -0.1) is 11.3 Å². The lowest BCUT2D eigenvalue weighted by Crippen LogP contribution is -2.40. The second kappa shape index (κ2) is 8.01. The third kappa shape index (κ3) is 4.60. The predicted molar refractivity (Wildman–Crippen MR) is 97.6 cm³/mol. The van der Waals surface area contributed by atoms with E-state index in [1.54, 1.807) is 28.3 Å². The summed E-state index contributed by atoms with van der Waals surface area (Å²) in [6, 6.07) is 0. The van der Waals surface area contributed by atoms with Crippen molar-refractivity contribution in [2.45, 2.75) is 36.6 Å². The van der Waals surface area contributed by atoms with Crippen molar-refractivity contribution in [2.24, 2.45) is 5.73 Å². The number of aryl methyl sites for hydroxylation is 1. The van der Waals surface area contributed by atoms with Gasteiger partial charge in [-0.1, -0.05) is 11.8 Å². The smallest absolute Gasteiger partial charge is 0.237 e. The topological polar surface area (TPSA) is 94.1 Å². The minimum absolute atomic E-state index is 0.121. The molecule has 134 valence electrons. The van der Waals surface area contributed by atoms with Crippen molar-refractivity contribution >= 4 is 34.9 Å². The highest BCUT2D eigenvalue weighted by atomic mass is 32.2. The summed E-state index contributed by atoms with van der Waals surface area (Å²) in [7, 11) is 0. The Bertz CT molecular complexity index is 757. The van der Waals surface area contributed by atoms with E-state index in [2.05, 4.69) is 9.97 Å². The molecule has 1 aliphatic heterocycles. The molecule has 25 heavy (non-hydrogen) atoms. The molecule has 0 bridgehead atoms. The first-order chi connectivity index (χ1) is 12.0. The number of amides is 2. The van der Waals surface area contributed by atoms with E-state index in [0.29, 0.717) is 12.3 Å². The normalized spacial score (nSPS) is 17.6. The van der Waals surface area contributed by atoms with E-state index in [1.807, 2.05) is 17.2 Å². The number of carbonyl (C=O) groups excluding carboxylic acids is 2. The van der Waals surface area contributed by atoms with Gasteiger partial charge in [-0.3, -0.25) is 9.59 Å². The summed E-state index contributed by atoms with van der Waals surface area (Å²) in [5.41, 5.74) is 6.28. The molecule has 1 atom stereocenters. The maximum absolute atomic E-state index is 12.5. The lowest BCUT2D eigenvalue weighted by Gasteiger charge is -2.32. The van der Waals surface area contributed by atoms with Crippen LogP contribution in [-0.4, -0.2) is 50.1 Å². The molecular formula is C16H21N5O2S2. The Morgan fingerprint density at radius 2 is 2.32 bits per heavy atom. The van der Waals surface area contributed by atoms with Crippen LogP contribution in [0.5, 0.6) is 0 Å². The number of carbonyl (C=O) groups is 2. The highest BCUT2D eigenvalue weighted by Gasteiger charge is 2.27. The minimum Gasteiger partial charge on any atom is -0.368 e. The number of thiazole rings is 1. The quantitative estimate of drug-likeness (QED) is 0.770. The second-order valence-corrected chi connectivity index (χ2v) is 8.18. The monoisotopic (exact) mass is 379 g/mol. The van der Waals surface area contributed by atoms with E-state index in [9.17, 15) is 9.59 Å². The zero-order chi connectivity index (χ0) is 17.8. The number of thioether (sulfide) groups is 1. The van der Waals surface area contributed by atoms with E-state index >= 15 is 0 Å². The fourth-order valence-corrected chi connectivity index (χ4v) is 4.76. The first-order valence-corrected chi connectivity index (χ1v) is 10.0. The lowest BCUT2D eigenvalue weighted by molar-refractivity contribution is -0.129. The van der Waals surface area contributed by atoms with Gasteiger partial charge in [0.25, 0.3) is 0 Å². The molecule has 3 rings (SSSR count). The molecule has 0 spiro atoms. The maximum Gasteiger partial charge on any atom is 0.237 e. The van der Waals surface area contributed by atoms with Gasteiger partial charge in [-0.2, -0.15) is 0 Å². The molecule has 1 saturated heterocycles. The molecular weight excluding hydrogens is 358 g/mol. The first kappa shape index (κ1) is 17.9. The van der Waals surface area contributed by atoms with Crippen LogP contribution < -0.4 is 5.73 Å². The lowest BCUT2D eigenvalue weighted by atomic mass is 9.97. The van der Waals surface area contributed by atoms with Crippen LogP contribution in [0.3, 0.4) is 0 Å². The van der Waals surface area contributed by atoms with Gasteiger partial charge < -0.3 is 15.2 Å². The van der Waals surface area contributed by atoms with Gasteiger partial charge in [-0.05, 0) is 19.8 Å². The molecule has 9 heteroatoms. The van der Waals surface area contributed by atoms with Gasteiger partial charge in [0.1, 0.15) is 12.4 Å². The molecule has 2 aromatic rings. The van der Waals surface area contributed by atoms with Gasteiger partial charge in [0, 0.05) is 42.5 Å². The van der Waals surface area contributed by atoms with Crippen LogP contribution in [0, 0.1) is 6.92 Å². The van der Waals surface area contributed by atoms with E-state index in [4.69, 9.17) is 5.73 Å². The van der Waals surface area contributed by atoms with Crippen LogP contribution in [0.2, 0.25) is 0 Å². The predicted octanol–water partition coefficient (Wildman–Crippen LogP) is 1.63. The zero-order valence-corrected chi connectivity index (χ0v) is 15.7. The number of hydrogen-bond acceptors (Lipinski definition) is 6. The number of primary amides is 1. The Balaban J connectivity index is 1.60. The van der Waals surface area contributed by atoms with E-state index in [0.717, 1.165) is 35.2 Å². The van der Waals surface area contributed by atoms with Gasteiger partial charge in [0.15, 0.2) is 4.34 Å². The standard InChI is InChI=1S/C16H21N5O2S2/c1-11-9-24-16(19-11)25-10-14(23)20-5-2-3-12(7-20)15-18-4-6-21(15)8-13(17)22/h4,6,9,12H,2-3,5,7-8,10H2,1H3,(H2,17,22). The van der Waals surface area contributed by atoms with Crippen LogP contribution in [0.4, 0.5) is 0 Å². The molecule has 2 amide bonds. The van der Waals surface area contributed by atoms with Crippen LogP contribution in [0.25, 0.3) is 0 Å². The highest BCUT2D eigenvalue weighted by molar-refractivity contribution is 8.01. The van der Waals surface area contributed by atoms with Crippen molar-refractivity contribution in [3.05, 3.63) is 29.3 Å². The number of imidazole rings is 1. The fraction of sp³-hybridized carbons (Fsp3) is 0.500. The summed E-state index contributed by atoms with van der Waals surface area (Å²) in [5.74, 6) is 1.10. The van der Waals surface area contributed by atoms with Crippen molar-refractivity contribution in [1.29, 1.82) is 0 Å². The van der Waals surface area contributed by atoms with Gasteiger partial charge in [0.05, 0.1) is 5.75 Å². The van der Waals surface area contributed by atoms with Crippen molar-refractivity contribution < 1.29 is 9.59 Å². The SMILES string of the molecule is Cc1csc(SCC(=O)N2CCCC(c3nccn3CC(N)=O)C2)n1. The fourth-order valence-electron chi connectivity index (χ4n) is 3.01.